The van der Waals surface area contributed by atoms with Crippen molar-refractivity contribution in [1.82, 2.24) is 10.2 Å². The maximum atomic E-state index is 13.5. The van der Waals surface area contributed by atoms with Crippen LogP contribution in [0.4, 0.5) is 4.39 Å². The summed E-state index contributed by atoms with van der Waals surface area (Å²) >= 11 is 0. The first-order valence-corrected chi connectivity index (χ1v) is 7.76. The molecule has 3 unspecified atom stereocenters. The lowest BCUT2D eigenvalue weighted by Crippen LogP contribution is -2.36. The van der Waals surface area contributed by atoms with Crippen molar-refractivity contribution in [3.63, 3.8) is 0 Å². The van der Waals surface area contributed by atoms with Crippen molar-refractivity contribution >= 4 is 5.91 Å². The molecule has 21 heavy (non-hydrogen) atoms. The predicted octanol–water partition coefficient (Wildman–Crippen LogP) is 3.33. The lowest BCUT2D eigenvalue weighted by molar-refractivity contribution is -0.131. The van der Waals surface area contributed by atoms with Gasteiger partial charge in [-0.1, -0.05) is 46.2 Å². The van der Waals surface area contributed by atoms with Gasteiger partial charge in [-0.3, -0.25) is 10.1 Å². The van der Waals surface area contributed by atoms with Crippen molar-refractivity contribution < 1.29 is 9.18 Å². The van der Waals surface area contributed by atoms with Crippen molar-refractivity contribution in [1.29, 1.82) is 0 Å². The van der Waals surface area contributed by atoms with E-state index in [4.69, 9.17) is 0 Å². The summed E-state index contributed by atoms with van der Waals surface area (Å²) in [7, 11) is 0. The van der Waals surface area contributed by atoms with Gasteiger partial charge in [0.1, 0.15) is 12.0 Å². The minimum absolute atomic E-state index is 0.125. The number of nitrogens with zero attached hydrogens (tertiary/aromatic N) is 1. The minimum atomic E-state index is -0.266. The molecule has 1 aliphatic heterocycles. The van der Waals surface area contributed by atoms with Crippen LogP contribution in [0.3, 0.4) is 0 Å². The third-order valence-electron chi connectivity index (χ3n) is 4.23. The van der Waals surface area contributed by atoms with Gasteiger partial charge in [0.15, 0.2) is 0 Å². The predicted molar refractivity (Wildman–Crippen MR) is 82.1 cm³/mol. The Balaban J connectivity index is 2.29. The van der Waals surface area contributed by atoms with E-state index in [-0.39, 0.29) is 29.8 Å². The van der Waals surface area contributed by atoms with E-state index in [1.54, 1.807) is 6.07 Å². The second-order valence-electron chi connectivity index (χ2n) is 6.35. The Hall–Kier alpha value is -1.42. The number of halogens is 1. The first-order chi connectivity index (χ1) is 9.93. The van der Waals surface area contributed by atoms with E-state index in [0.717, 1.165) is 12.0 Å². The second kappa shape index (κ2) is 6.56. The Bertz CT molecular complexity index is 503. The Labute approximate surface area is 126 Å². The van der Waals surface area contributed by atoms with Gasteiger partial charge in [-0.05, 0) is 29.5 Å². The Morgan fingerprint density at radius 2 is 2.05 bits per heavy atom. The lowest BCUT2D eigenvalue weighted by Gasteiger charge is -2.27. The Morgan fingerprint density at radius 3 is 2.62 bits per heavy atom. The average Bonchev–Trinajstić information content (AvgIpc) is 2.76. The zero-order valence-corrected chi connectivity index (χ0v) is 13.3. The standard InChI is InChI=1S/C17H25FN2O/c1-5-12(4)10-20-16(13-7-6-8-14(18)9-13)19-15(11(2)3)17(20)21/h6-9,11-12,15-16,19H,5,10H2,1-4H3. The molecule has 1 heterocycles. The van der Waals surface area contributed by atoms with E-state index in [1.165, 1.54) is 12.1 Å². The Kier molecular flexibility index (Phi) is 4.99. The van der Waals surface area contributed by atoms with Crippen molar-refractivity contribution in [3.8, 4) is 0 Å². The van der Waals surface area contributed by atoms with E-state index in [0.29, 0.717) is 12.5 Å². The van der Waals surface area contributed by atoms with E-state index < -0.39 is 0 Å². The van der Waals surface area contributed by atoms with Crippen LogP contribution < -0.4 is 5.32 Å². The topological polar surface area (TPSA) is 32.3 Å². The second-order valence-corrected chi connectivity index (χ2v) is 6.35. The number of hydrogen-bond donors (Lipinski definition) is 1. The number of nitrogens with one attached hydrogen (secondary N) is 1. The molecule has 0 aromatic heterocycles. The van der Waals surface area contributed by atoms with Crippen molar-refractivity contribution in [2.75, 3.05) is 6.54 Å². The number of hydrogen-bond acceptors (Lipinski definition) is 2. The van der Waals surface area contributed by atoms with Crippen molar-refractivity contribution in [3.05, 3.63) is 35.6 Å². The molecule has 1 aromatic carbocycles. The summed E-state index contributed by atoms with van der Waals surface area (Å²) < 4.78 is 13.5. The smallest absolute Gasteiger partial charge is 0.241 e. The molecule has 116 valence electrons. The number of amides is 1. The maximum Gasteiger partial charge on any atom is 0.241 e. The summed E-state index contributed by atoms with van der Waals surface area (Å²) in [5, 5.41) is 3.37. The molecule has 2 rings (SSSR count). The van der Waals surface area contributed by atoms with Crippen LogP contribution >= 0.6 is 0 Å². The van der Waals surface area contributed by atoms with Crippen LogP contribution in [-0.2, 0) is 4.79 Å². The molecule has 0 radical (unpaired) electrons. The summed E-state index contributed by atoms with van der Waals surface area (Å²) in [5.74, 6) is 0.506. The van der Waals surface area contributed by atoms with E-state index >= 15 is 0 Å². The van der Waals surface area contributed by atoms with Gasteiger partial charge in [-0.25, -0.2) is 4.39 Å². The third kappa shape index (κ3) is 3.43. The molecule has 3 nitrogen and oxygen atoms in total. The van der Waals surface area contributed by atoms with Gasteiger partial charge in [0.25, 0.3) is 0 Å². The van der Waals surface area contributed by atoms with Gasteiger partial charge in [0, 0.05) is 6.54 Å². The van der Waals surface area contributed by atoms with Gasteiger partial charge >= 0.3 is 0 Å². The zero-order chi connectivity index (χ0) is 15.6. The molecule has 0 aliphatic carbocycles. The highest BCUT2D eigenvalue weighted by molar-refractivity contribution is 5.84. The van der Waals surface area contributed by atoms with E-state index in [1.807, 2.05) is 24.8 Å². The average molecular weight is 292 g/mol. The van der Waals surface area contributed by atoms with Gasteiger partial charge in [0.2, 0.25) is 5.91 Å². The minimum Gasteiger partial charge on any atom is -0.321 e. The van der Waals surface area contributed by atoms with E-state index in [9.17, 15) is 9.18 Å². The first kappa shape index (κ1) is 16.0. The molecular weight excluding hydrogens is 267 g/mol. The van der Waals surface area contributed by atoms with Crippen LogP contribution in [0.2, 0.25) is 0 Å². The molecular formula is C17H25FN2O. The number of carbonyl (C=O) groups is 1. The lowest BCUT2D eigenvalue weighted by atomic mass is 10.0. The molecule has 1 aliphatic rings. The fourth-order valence-corrected chi connectivity index (χ4v) is 2.73. The van der Waals surface area contributed by atoms with Gasteiger partial charge in [-0.2, -0.15) is 0 Å². The van der Waals surface area contributed by atoms with Crippen molar-refractivity contribution in [2.24, 2.45) is 11.8 Å². The van der Waals surface area contributed by atoms with E-state index in [2.05, 4.69) is 19.2 Å². The molecule has 1 saturated heterocycles. The SMILES string of the molecule is CCC(C)CN1C(=O)C(C(C)C)NC1c1cccc(F)c1. The van der Waals surface area contributed by atoms with Crippen LogP contribution in [0.1, 0.15) is 45.8 Å². The summed E-state index contributed by atoms with van der Waals surface area (Å²) in [6.45, 7) is 9.02. The molecule has 4 heteroatoms. The largest absolute Gasteiger partial charge is 0.321 e. The summed E-state index contributed by atoms with van der Waals surface area (Å²) in [5.41, 5.74) is 0.815. The molecule has 1 amide bonds. The van der Waals surface area contributed by atoms with Crippen LogP contribution in [0.25, 0.3) is 0 Å². The first-order valence-electron chi connectivity index (χ1n) is 7.76. The summed E-state index contributed by atoms with van der Waals surface area (Å²) in [4.78, 5) is 14.5. The molecule has 1 N–H and O–H groups in total. The Morgan fingerprint density at radius 1 is 1.33 bits per heavy atom. The fourth-order valence-electron chi connectivity index (χ4n) is 2.73. The molecule has 1 aromatic rings. The molecule has 0 spiro atoms. The fraction of sp³-hybridized carbons (Fsp3) is 0.588. The van der Waals surface area contributed by atoms with Gasteiger partial charge in [-0.15, -0.1) is 0 Å². The number of rotatable bonds is 5. The molecule has 0 bridgehead atoms. The monoisotopic (exact) mass is 292 g/mol. The number of benzene rings is 1. The summed E-state index contributed by atoms with van der Waals surface area (Å²) in [6, 6.07) is 6.32. The normalized spacial score (nSPS) is 23.9. The summed E-state index contributed by atoms with van der Waals surface area (Å²) in [6.07, 6.45) is 0.793. The molecule has 1 fully saturated rings. The zero-order valence-electron chi connectivity index (χ0n) is 13.3. The number of carbonyl (C=O) groups excluding carboxylic acids is 1. The van der Waals surface area contributed by atoms with Crippen molar-refractivity contribution in [2.45, 2.75) is 46.3 Å². The highest BCUT2D eigenvalue weighted by atomic mass is 19.1. The molecule has 3 atom stereocenters. The van der Waals surface area contributed by atoms with Gasteiger partial charge < -0.3 is 4.90 Å². The molecule has 0 saturated carbocycles. The van der Waals surface area contributed by atoms with Crippen LogP contribution in [-0.4, -0.2) is 23.4 Å². The maximum absolute atomic E-state index is 13.5. The highest BCUT2D eigenvalue weighted by Crippen LogP contribution is 2.29. The van der Waals surface area contributed by atoms with Crippen LogP contribution in [0.15, 0.2) is 24.3 Å². The van der Waals surface area contributed by atoms with Gasteiger partial charge in [0.05, 0.1) is 6.04 Å². The van der Waals surface area contributed by atoms with Crippen LogP contribution in [0.5, 0.6) is 0 Å². The third-order valence-corrected chi connectivity index (χ3v) is 4.23. The van der Waals surface area contributed by atoms with Crippen LogP contribution in [0, 0.1) is 17.7 Å². The quantitative estimate of drug-likeness (QED) is 0.903. The highest BCUT2D eigenvalue weighted by Gasteiger charge is 2.41.